The van der Waals surface area contributed by atoms with Gasteiger partial charge in [0.25, 0.3) is 0 Å². The molecule has 0 radical (unpaired) electrons. The van der Waals surface area contributed by atoms with Crippen molar-refractivity contribution in [3.63, 3.8) is 0 Å². The molecule has 29 heavy (non-hydrogen) atoms. The Morgan fingerprint density at radius 1 is 1.34 bits per heavy atom. The summed E-state index contributed by atoms with van der Waals surface area (Å²) in [4.78, 5) is 18.2. The van der Waals surface area contributed by atoms with Gasteiger partial charge in [0.15, 0.2) is 0 Å². The number of ether oxygens (including phenoxy) is 1. The Hall–Kier alpha value is -3.09. The van der Waals surface area contributed by atoms with Crippen LogP contribution in [0.3, 0.4) is 0 Å². The number of aryl methyl sites for hydroxylation is 2. The molecule has 2 heterocycles. The van der Waals surface area contributed by atoms with Crippen molar-refractivity contribution in [2.24, 2.45) is 12.0 Å². The fourth-order valence-electron chi connectivity index (χ4n) is 3.26. The van der Waals surface area contributed by atoms with Gasteiger partial charge in [-0.3, -0.25) is 14.5 Å². The highest BCUT2D eigenvalue weighted by atomic mass is 16.5. The predicted molar refractivity (Wildman–Crippen MR) is 116 cm³/mol. The van der Waals surface area contributed by atoms with E-state index in [1.165, 1.54) is 4.90 Å². The minimum Gasteiger partial charge on any atom is -0.493 e. The summed E-state index contributed by atoms with van der Waals surface area (Å²) in [6.07, 6.45) is 5.32. The van der Waals surface area contributed by atoms with Crippen molar-refractivity contribution in [1.29, 1.82) is 0 Å². The lowest BCUT2D eigenvalue weighted by Crippen LogP contribution is -2.21. The zero-order valence-electron chi connectivity index (χ0n) is 17.8. The number of carbonyl (C=O) groups is 1. The highest BCUT2D eigenvalue weighted by Crippen LogP contribution is 2.30. The Balaban J connectivity index is 1.95. The van der Waals surface area contributed by atoms with E-state index in [2.05, 4.69) is 17.3 Å². The quantitative estimate of drug-likeness (QED) is 0.731. The lowest BCUT2D eigenvalue weighted by Gasteiger charge is -2.19. The standard InChI is InChI=1S/C22H29N5O2/c1-6-8-17-21-18(27(5)25-17)14-23-22(24-21)16-13-15(9-11-19(16)29-7-2)10-12-20(28)26(3)4/h9-13H,6-8,14H2,1-5H3,(H,23,24). The molecule has 0 saturated heterocycles. The van der Waals surface area contributed by atoms with Crippen molar-refractivity contribution in [3.8, 4) is 5.75 Å². The van der Waals surface area contributed by atoms with Crippen LogP contribution in [-0.4, -0.2) is 47.1 Å². The molecule has 0 unspecified atom stereocenters. The second-order valence-electron chi connectivity index (χ2n) is 7.19. The van der Waals surface area contributed by atoms with Crippen LogP contribution in [0.25, 0.3) is 6.08 Å². The second kappa shape index (κ2) is 8.94. The summed E-state index contributed by atoms with van der Waals surface area (Å²) in [6.45, 7) is 5.24. The molecule has 7 nitrogen and oxygen atoms in total. The molecule has 0 fully saturated rings. The maximum absolute atomic E-state index is 11.9. The van der Waals surface area contributed by atoms with Crippen LogP contribution >= 0.6 is 0 Å². The Morgan fingerprint density at radius 3 is 2.83 bits per heavy atom. The van der Waals surface area contributed by atoms with Gasteiger partial charge in [-0.25, -0.2) is 0 Å². The van der Waals surface area contributed by atoms with E-state index in [4.69, 9.17) is 9.73 Å². The number of hydrogen-bond acceptors (Lipinski definition) is 5. The first-order valence-electron chi connectivity index (χ1n) is 9.97. The van der Waals surface area contributed by atoms with Crippen LogP contribution in [0.1, 0.15) is 42.8 Å². The summed E-state index contributed by atoms with van der Waals surface area (Å²) >= 11 is 0. The third kappa shape index (κ3) is 4.50. The number of amides is 1. The smallest absolute Gasteiger partial charge is 0.246 e. The zero-order valence-corrected chi connectivity index (χ0v) is 17.8. The third-order valence-electron chi connectivity index (χ3n) is 4.77. The van der Waals surface area contributed by atoms with Crippen LogP contribution in [-0.2, 0) is 24.8 Å². The second-order valence-corrected chi connectivity index (χ2v) is 7.19. The number of likely N-dealkylation sites (N-methyl/N-ethyl adjacent to an activating group) is 1. The van der Waals surface area contributed by atoms with Crippen molar-refractivity contribution in [3.05, 3.63) is 46.8 Å². The van der Waals surface area contributed by atoms with E-state index in [0.717, 1.165) is 52.6 Å². The van der Waals surface area contributed by atoms with E-state index in [0.29, 0.717) is 13.2 Å². The molecule has 1 aromatic heterocycles. The number of nitrogens with zero attached hydrogens (tertiary/aromatic N) is 4. The highest BCUT2D eigenvalue weighted by molar-refractivity contribution is 6.11. The van der Waals surface area contributed by atoms with Gasteiger partial charge >= 0.3 is 0 Å². The van der Waals surface area contributed by atoms with Gasteiger partial charge in [0.05, 0.1) is 35.8 Å². The number of benzene rings is 1. The lowest BCUT2D eigenvalue weighted by molar-refractivity contribution is -0.123. The number of anilines is 1. The van der Waals surface area contributed by atoms with Gasteiger partial charge in [-0.05, 0) is 37.1 Å². The summed E-state index contributed by atoms with van der Waals surface area (Å²) in [6, 6.07) is 5.86. The van der Waals surface area contributed by atoms with E-state index in [1.807, 2.05) is 42.9 Å². The van der Waals surface area contributed by atoms with Gasteiger partial charge in [-0.1, -0.05) is 19.4 Å². The Labute approximate surface area is 172 Å². The fourth-order valence-corrected chi connectivity index (χ4v) is 3.26. The SMILES string of the molecule is CCCc1nn(C)c2c1NC(c1cc(C=CC(=O)N(C)C)ccc1OCC)=NC2. The summed E-state index contributed by atoms with van der Waals surface area (Å²) < 4.78 is 7.74. The normalized spacial score (nSPS) is 13.1. The molecule has 0 atom stereocenters. The average Bonchev–Trinajstić information content (AvgIpc) is 3.02. The monoisotopic (exact) mass is 395 g/mol. The van der Waals surface area contributed by atoms with Crippen LogP contribution in [0.15, 0.2) is 29.3 Å². The number of nitrogens with one attached hydrogen (secondary N) is 1. The number of aromatic nitrogens is 2. The zero-order chi connectivity index (χ0) is 21.0. The largest absolute Gasteiger partial charge is 0.493 e. The van der Waals surface area contributed by atoms with Crippen LogP contribution in [0, 0.1) is 0 Å². The third-order valence-corrected chi connectivity index (χ3v) is 4.77. The van der Waals surface area contributed by atoms with Crippen LogP contribution < -0.4 is 10.1 Å². The predicted octanol–water partition coefficient (Wildman–Crippen LogP) is 3.25. The molecule has 1 aliphatic heterocycles. The van der Waals surface area contributed by atoms with E-state index >= 15 is 0 Å². The summed E-state index contributed by atoms with van der Waals surface area (Å²) in [7, 11) is 5.42. The van der Waals surface area contributed by atoms with E-state index in [-0.39, 0.29) is 5.91 Å². The van der Waals surface area contributed by atoms with Crippen LogP contribution in [0.2, 0.25) is 0 Å². The summed E-state index contributed by atoms with van der Waals surface area (Å²) in [5.41, 5.74) is 4.98. The summed E-state index contributed by atoms with van der Waals surface area (Å²) in [5, 5.41) is 8.13. The van der Waals surface area contributed by atoms with Gasteiger partial charge < -0.3 is 15.0 Å². The molecule has 0 bridgehead atoms. The van der Waals surface area contributed by atoms with Crippen LogP contribution in [0.5, 0.6) is 5.75 Å². The molecule has 1 N–H and O–H groups in total. The molecule has 2 aromatic rings. The fraction of sp³-hybridized carbons (Fsp3) is 0.409. The first-order valence-corrected chi connectivity index (χ1v) is 9.97. The molecule has 1 amide bonds. The minimum absolute atomic E-state index is 0.0576. The molecule has 1 aromatic carbocycles. The average molecular weight is 396 g/mol. The number of aliphatic imine (C=N–C) groups is 1. The van der Waals surface area contributed by atoms with Crippen molar-refractivity contribution in [1.82, 2.24) is 14.7 Å². The molecule has 0 aliphatic carbocycles. The first kappa shape index (κ1) is 20.6. The van der Waals surface area contributed by atoms with Crippen molar-refractivity contribution in [2.45, 2.75) is 33.2 Å². The highest BCUT2D eigenvalue weighted by Gasteiger charge is 2.23. The summed E-state index contributed by atoms with van der Waals surface area (Å²) in [5.74, 6) is 1.47. The molecular weight excluding hydrogens is 366 g/mol. The molecule has 3 rings (SSSR count). The molecule has 0 saturated carbocycles. The van der Waals surface area contributed by atoms with Crippen LogP contribution in [0.4, 0.5) is 5.69 Å². The molecular formula is C22H29N5O2. The maximum atomic E-state index is 11.9. The van der Waals surface area contributed by atoms with Gasteiger partial charge in [-0.2, -0.15) is 5.10 Å². The molecule has 1 aliphatic rings. The Morgan fingerprint density at radius 2 is 2.14 bits per heavy atom. The number of rotatable bonds is 7. The van der Waals surface area contributed by atoms with Gasteiger partial charge in [-0.15, -0.1) is 0 Å². The Kier molecular flexibility index (Phi) is 6.36. The molecule has 7 heteroatoms. The number of amidine groups is 1. The minimum atomic E-state index is -0.0576. The van der Waals surface area contributed by atoms with Gasteiger partial charge in [0, 0.05) is 27.2 Å². The number of hydrogen-bond donors (Lipinski definition) is 1. The van der Waals surface area contributed by atoms with Crippen molar-refractivity contribution >= 4 is 23.5 Å². The number of fused-ring (bicyclic) bond motifs is 1. The van der Waals surface area contributed by atoms with E-state index in [1.54, 1.807) is 20.2 Å². The molecule has 0 spiro atoms. The van der Waals surface area contributed by atoms with E-state index in [9.17, 15) is 4.79 Å². The number of carbonyl (C=O) groups excluding carboxylic acids is 1. The van der Waals surface area contributed by atoms with Crippen molar-refractivity contribution < 1.29 is 9.53 Å². The molecule has 154 valence electrons. The lowest BCUT2D eigenvalue weighted by atomic mass is 10.1. The topological polar surface area (TPSA) is 71.8 Å². The van der Waals surface area contributed by atoms with Gasteiger partial charge in [0.2, 0.25) is 5.91 Å². The van der Waals surface area contributed by atoms with Gasteiger partial charge in [0.1, 0.15) is 11.6 Å². The van der Waals surface area contributed by atoms with E-state index < -0.39 is 0 Å². The maximum Gasteiger partial charge on any atom is 0.246 e. The first-order chi connectivity index (χ1) is 13.9. The van der Waals surface area contributed by atoms with Crippen molar-refractivity contribution in [2.75, 3.05) is 26.0 Å². The Bertz CT molecular complexity index is 956.